The quantitative estimate of drug-likeness (QED) is 0.213. The summed E-state index contributed by atoms with van der Waals surface area (Å²) in [7, 11) is 0. The number of likely N-dealkylation sites (tertiary alicyclic amines) is 1. The summed E-state index contributed by atoms with van der Waals surface area (Å²) in [6, 6.07) is 17.9. The van der Waals surface area contributed by atoms with Gasteiger partial charge < -0.3 is 30.7 Å². The van der Waals surface area contributed by atoms with E-state index in [9.17, 15) is 24.0 Å². The third-order valence-corrected chi connectivity index (χ3v) is 7.37. The molecule has 12 nitrogen and oxygen atoms in total. The van der Waals surface area contributed by atoms with Crippen molar-refractivity contribution in [3.05, 3.63) is 71.8 Å². The summed E-state index contributed by atoms with van der Waals surface area (Å²) in [5.74, 6) is -0.881. The number of hydrogen-bond donors (Lipinski definition) is 3. The zero-order valence-corrected chi connectivity index (χ0v) is 25.8. The van der Waals surface area contributed by atoms with E-state index in [-0.39, 0.29) is 45.1 Å². The minimum atomic E-state index is -0.753. The number of unbranched alkanes of at least 4 members (excludes halogenated alkanes) is 1. The van der Waals surface area contributed by atoms with Crippen molar-refractivity contribution in [3.8, 4) is 0 Å². The number of nitrogens with zero attached hydrogens (tertiary/aromatic N) is 2. The molecule has 2 aromatic rings. The summed E-state index contributed by atoms with van der Waals surface area (Å²) >= 11 is 0. The molecule has 4 N–H and O–H groups in total. The monoisotopic (exact) mass is 623 g/mol. The van der Waals surface area contributed by atoms with E-state index in [4.69, 9.17) is 15.2 Å². The number of amides is 5. The smallest absolute Gasteiger partial charge is 0.416 e. The van der Waals surface area contributed by atoms with Crippen molar-refractivity contribution in [2.45, 2.75) is 70.6 Å². The van der Waals surface area contributed by atoms with Crippen molar-refractivity contribution in [2.75, 3.05) is 32.7 Å². The first-order chi connectivity index (χ1) is 21.8. The van der Waals surface area contributed by atoms with Crippen LogP contribution in [0.2, 0.25) is 0 Å². The average molecular weight is 624 g/mol. The van der Waals surface area contributed by atoms with Crippen LogP contribution in [0.3, 0.4) is 0 Å². The van der Waals surface area contributed by atoms with Crippen LogP contribution in [0.4, 0.5) is 9.59 Å². The number of rotatable bonds is 18. The van der Waals surface area contributed by atoms with Crippen LogP contribution in [0.15, 0.2) is 60.7 Å². The Morgan fingerprint density at radius 3 is 2.04 bits per heavy atom. The fraction of sp³-hybridized carbons (Fsp3) is 0.485. The first-order valence-corrected chi connectivity index (χ1v) is 15.6. The molecule has 12 heteroatoms. The molecule has 0 bridgehead atoms. The highest BCUT2D eigenvalue weighted by Gasteiger charge is 2.26. The summed E-state index contributed by atoms with van der Waals surface area (Å²) in [6.07, 6.45) is 2.48. The Morgan fingerprint density at radius 1 is 0.800 bits per heavy atom. The van der Waals surface area contributed by atoms with Gasteiger partial charge in [-0.1, -0.05) is 60.7 Å². The van der Waals surface area contributed by atoms with Crippen LogP contribution in [-0.4, -0.2) is 78.5 Å². The standard InChI is InChI=1S/C33H45N5O7/c34-29(39)18-17-28(31(41)37-21-9-10-22-37)35-19-8-7-16-30(40)38(33(43)45-25-27-14-5-2-6-15-27)23-11-20-36-32(42)44-24-26-12-3-1-4-13-26/h1-6,12-15,28,35H,7-11,16-25H2,(H2,34,39)(H,36,42)/t28-/m0/s1. The molecule has 1 fully saturated rings. The van der Waals surface area contributed by atoms with Gasteiger partial charge in [-0.05, 0) is 56.2 Å². The molecule has 0 spiro atoms. The molecule has 0 aromatic heterocycles. The normalized spacial score (nSPS) is 13.1. The molecular weight excluding hydrogens is 578 g/mol. The molecule has 5 amide bonds. The summed E-state index contributed by atoms with van der Waals surface area (Å²) in [6.45, 7) is 2.30. The van der Waals surface area contributed by atoms with E-state index in [1.165, 1.54) is 0 Å². The van der Waals surface area contributed by atoms with Crippen molar-refractivity contribution < 1.29 is 33.4 Å². The fourth-order valence-electron chi connectivity index (χ4n) is 4.89. The molecule has 1 atom stereocenters. The number of benzene rings is 2. The van der Waals surface area contributed by atoms with Crippen LogP contribution in [0.25, 0.3) is 0 Å². The maximum atomic E-state index is 13.1. The average Bonchev–Trinajstić information content (AvgIpc) is 3.60. The number of alkyl carbamates (subject to hydrolysis) is 1. The van der Waals surface area contributed by atoms with Crippen molar-refractivity contribution in [3.63, 3.8) is 0 Å². The van der Waals surface area contributed by atoms with Crippen LogP contribution >= 0.6 is 0 Å². The van der Waals surface area contributed by atoms with Crippen molar-refractivity contribution >= 4 is 29.9 Å². The predicted molar refractivity (Wildman–Crippen MR) is 167 cm³/mol. The lowest BCUT2D eigenvalue weighted by Gasteiger charge is -2.24. The van der Waals surface area contributed by atoms with Crippen LogP contribution < -0.4 is 16.4 Å². The molecule has 1 aliphatic heterocycles. The van der Waals surface area contributed by atoms with Gasteiger partial charge in [0.15, 0.2) is 0 Å². The lowest BCUT2D eigenvalue weighted by molar-refractivity contribution is -0.133. The molecule has 3 rings (SSSR count). The molecule has 1 heterocycles. The molecule has 0 unspecified atom stereocenters. The zero-order valence-electron chi connectivity index (χ0n) is 25.8. The molecule has 0 saturated carbocycles. The molecule has 1 saturated heterocycles. The first-order valence-electron chi connectivity index (χ1n) is 15.6. The van der Waals surface area contributed by atoms with E-state index in [2.05, 4.69) is 10.6 Å². The first kappa shape index (κ1) is 35.0. The number of nitrogens with two attached hydrogens (primary N) is 1. The number of hydrogen-bond acceptors (Lipinski definition) is 8. The van der Waals surface area contributed by atoms with Crippen LogP contribution in [0, 0.1) is 0 Å². The largest absolute Gasteiger partial charge is 0.445 e. The van der Waals surface area contributed by atoms with Gasteiger partial charge in [0.05, 0.1) is 6.04 Å². The van der Waals surface area contributed by atoms with Crippen molar-refractivity contribution in [1.29, 1.82) is 0 Å². The molecule has 1 aliphatic rings. The van der Waals surface area contributed by atoms with E-state index in [0.29, 0.717) is 45.3 Å². The molecule has 0 radical (unpaired) electrons. The fourth-order valence-corrected chi connectivity index (χ4v) is 4.89. The highest BCUT2D eigenvalue weighted by atomic mass is 16.6. The minimum absolute atomic E-state index is 0.0230. The number of ether oxygens (including phenoxy) is 2. The van der Waals surface area contributed by atoms with E-state index < -0.39 is 30.0 Å². The lowest BCUT2D eigenvalue weighted by atomic mass is 10.1. The van der Waals surface area contributed by atoms with Crippen LogP contribution in [0.1, 0.15) is 62.5 Å². The van der Waals surface area contributed by atoms with Crippen molar-refractivity contribution in [2.24, 2.45) is 5.73 Å². The predicted octanol–water partition coefficient (Wildman–Crippen LogP) is 3.48. The Kier molecular flexibility index (Phi) is 15.4. The summed E-state index contributed by atoms with van der Waals surface area (Å²) < 4.78 is 10.6. The second-order valence-corrected chi connectivity index (χ2v) is 10.9. The zero-order chi connectivity index (χ0) is 32.3. The van der Waals surface area contributed by atoms with Gasteiger partial charge in [-0.15, -0.1) is 0 Å². The molecule has 0 aliphatic carbocycles. The third kappa shape index (κ3) is 13.4. The number of imide groups is 1. The van der Waals surface area contributed by atoms with Crippen molar-refractivity contribution in [1.82, 2.24) is 20.4 Å². The van der Waals surface area contributed by atoms with Gasteiger partial charge in [-0.3, -0.25) is 14.4 Å². The summed E-state index contributed by atoms with van der Waals surface area (Å²) in [4.78, 5) is 65.2. The SMILES string of the molecule is NC(=O)CC[C@H](NCCCCC(=O)N(CCCNC(=O)OCc1ccccc1)C(=O)OCc1ccccc1)C(=O)N1CCCC1. The molecule has 2 aromatic carbocycles. The van der Waals surface area contributed by atoms with Gasteiger partial charge in [0.2, 0.25) is 17.7 Å². The second-order valence-electron chi connectivity index (χ2n) is 10.9. The van der Waals surface area contributed by atoms with Crippen LogP contribution in [-0.2, 0) is 37.1 Å². The Morgan fingerprint density at radius 2 is 1.42 bits per heavy atom. The highest BCUT2D eigenvalue weighted by molar-refractivity contribution is 5.91. The lowest BCUT2D eigenvalue weighted by Crippen LogP contribution is -2.46. The van der Waals surface area contributed by atoms with E-state index >= 15 is 0 Å². The van der Waals surface area contributed by atoms with E-state index in [1.807, 2.05) is 60.7 Å². The maximum Gasteiger partial charge on any atom is 0.416 e. The number of carbonyl (C=O) groups is 5. The van der Waals surface area contributed by atoms with Gasteiger partial charge in [0.25, 0.3) is 0 Å². The Bertz CT molecular complexity index is 1220. The topological polar surface area (TPSA) is 160 Å². The maximum absolute atomic E-state index is 13.1. The van der Waals surface area contributed by atoms with Gasteiger partial charge in [0, 0.05) is 39.0 Å². The van der Waals surface area contributed by atoms with Gasteiger partial charge in [-0.25, -0.2) is 14.5 Å². The molecule has 244 valence electrons. The summed E-state index contributed by atoms with van der Waals surface area (Å²) in [5.41, 5.74) is 6.96. The highest BCUT2D eigenvalue weighted by Crippen LogP contribution is 2.12. The van der Waals surface area contributed by atoms with E-state index in [1.54, 1.807) is 4.90 Å². The third-order valence-electron chi connectivity index (χ3n) is 7.37. The number of primary amides is 1. The Labute approximate surface area is 264 Å². The molecular formula is C33H45N5O7. The Balaban J connectivity index is 1.45. The van der Waals surface area contributed by atoms with Gasteiger partial charge in [-0.2, -0.15) is 0 Å². The van der Waals surface area contributed by atoms with E-state index in [0.717, 1.165) is 28.9 Å². The number of nitrogens with one attached hydrogen (secondary N) is 2. The molecule has 45 heavy (non-hydrogen) atoms. The van der Waals surface area contributed by atoms with Crippen LogP contribution in [0.5, 0.6) is 0 Å². The second kappa shape index (κ2) is 19.8. The number of carbonyl (C=O) groups excluding carboxylic acids is 5. The minimum Gasteiger partial charge on any atom is -0.445 e. The van der Waals surface area contributed by atoms with Gasteiger partial charge in [0.1, 0.15) is 13.2 Å². The summed E-state index contributed by atoms with van der Waals surface area (Å²) in [5, 5.41) is 5.86. The van der Waals surface area contributed by atoms with Gasteiger partial charge >= 0.3 is 12.2 Å². The Hall–Kier alpha value is -4.45.